The Morgan fingerprint density at radius 1 is 1.09 bits per heavy atom. The summed E-state index contributed by atoms with van der Waals surface area (Å²) in [6.07, 6.45) is 2.09. The third-order valence-corrected chi connectivity index (χ3v) is 10.8. The number of benzene rings is 2. The van der Waals surface area contributed by atoms with Crippen molar-refractivity contribution in [2.24, 2.45) is 29.4 Å². The molecular formula is C33H36ClN3O7. The highest BCUT2D eigenvalue weighted by atomic mass is 35.5. The molecule has 1 amide bonds. The minimum Gasteiger partial charge on any atom is -0.507 e. The average Bonchev–Trinajstić information content (AvgIpc) is 2.98. The standard InChI is InChI=1S/C33H36ClN3O7/c1-36(2)27-21-13-18-12-20-24(28(39)23(18)30(41)33(21,44)31(42)25(29(27)40)32(35)43)22(38)14-19(26(20)34)15-37-10-8-17(9-11-37)16-6-4-3-5-7-16/h3-7,14,17-18,21,23,25,27,38,44H,8-13,15H2,1-2H3,(H2,35,43)/t18-,21-,23?,25?,27-,33-/m0/s1. The van der Waals surface area contributed by atoms with Crippen molar-refractivity contribution in [2.45, 2.75) is 49.8 Å². The third-order valence-electron chi connectivity index (χ3n) is 10.3. The summed E-state index contributed by atoms with van der Waals surface area (Å²) in [5, 5.41) is 23.1. The van der Waals surface area contributed by atoms with E-state index in [0.717, 1.165) is 25.9 Å². The van der Waals surface area contributed by atoms with E-state index in [2.05, 4.69) is 17.0 Å². The highest BCUT2D eigenvalue weighted by molar-refractivity contribution is 6.34. The monoisotopic (exact) mass is 621 g/mol. The van der Waals surface area contributed by atoms with Crippen LogP contribution < -0.4 is 5.73 Å². The second kappa shape index (κ2) is 11.2. The number of aliphatic hydroxyl groups is 1. The second-order valence-corrected chi connectivity index (χ2v) is 13.4. The first-order chi connectivity index (χ1) is 20.9. The normalized spacial score (nSPS) is 31.1. The van der Waals surface area contributed by atoms with Gasteiger partial charge < -0.3 is 15.9 Å². The maximum Gasteiger partial charge on any atom is 0.235 e. The number of hydrogen-bond acceptors (Lipinski definition) is 9. The molecule has 1 saturated heterocycles. The maximum absolute atomic E-state index is 13.9. The number of likely N-dealkylation sites (N-methyl/N-ethyl adjacent to an activating group) is 1. The molecule has 0 bridgehead atoms. The zero-order valence-electron chi connectivity index (χ0n) is 24.7. The van der Waals surface area contributed by atoms with Crippen LogP contribution in [0.4, 0.5) is 0 Å². The molecule has 1 aliphatic heterocycles. The first-order valence-corrected chi connectivity index (χ1v) is 15.4. The number of rotatable bonds is 5. The number of nitrogens with zero attached hydrogens (tertiary/aromatic N) is 2. The fourth-order valence-electron chi connectivity index (χ4n) is 8.21. The molecule has 6 rings (SSSR count). The van der Waals surface area contributed by atoms with Gasteiger partial charge in [0.05, 0.1) is 17.5 Å². The van der Waals surface area contributed by atoms with Crippen molar-refractivity contribution in [1.82, 2.24) is 9.80 Å². The fraction of sp³-hybridized carbons (Fsp3) is 0.485. The van der Waals surface area contributed by atoms with Crippen LogP contribution in [0.2, 0.25) is 5.02 Å². The summed E-state index contributed by atoms with van der Waals surface area (Å²) in [6, 6.07) is 10.7. The van der Waals surface area contributed by atoms with Crippen molar-refractivity contribution < 1.29 is 34.2 Å². The predicted octanol–water partition coefficient (Wildman–Crippen LogP) is 1.90. The summed E-state index contributed by atoms with van der Waals surface area (Å²) in [7, 11) is 3.11. The number of fused-ring (bicyclic) bond motifs is 3. The molecule has 2 aromatic rings. The van der Waals surface area contributed by atoms with Crippen LogP contribution in [0, 0.1) is 23.7 Å². The number of ketones is 4. The Hall–Kier alpha value is -3.44. The van der Waals surface area contributed by atoms with E-state index in [1.54, 1.807) is 14.1 Å². The largest absolute Gasteiger partial charge is 0.507 e. The maximum atomic E-state index is 13.9. The van der Waals surface area contributed by atoms with Crippen LogP contribution in [-0.4, -0.2) is 87.9 Å². The lowest BCUT2D eigenvalue weighted by molar-refractivity contribution is -0.181. The SMILES string of the molecule is CN(C)[C@@H]1C(=O)C(C(N)=O)C(=O)[C@@]2(O)C(=O)C3C(=O)c4c(O)cc(CN5CCC(c6ccccc6)CC5)c(Cl)c4C[C@H]3C[C@@H]12. The van der Waals surface area contributed by atoms with Gasteiger partial charge in [0.2, 0.25) is 5.91 Å². The number of Topliss-reactive ketones (excluding diaryl/α,β-unsaturated/α-hetero) is 4. The van der Waals surface area contributed by atoms with Gasteiger partial charge in [-0.2, -0.15) is 0 Å². The van der Waals surface area contributed by atoms with Gasteiger partial charge in [-0.25, -0.2) is 0 Å². The van der Waals surface area contributed by atoms with Gasteiger partial charge in [0.25, 0.3) is 0 Å². The van der Waals surface area contributed by atoms with Crippen LogP contribution in [-0.2, 0) is 32.1 Å². The van der Waals surface area contributed by atoms with Gasteiger partial charge in [-0.15, -0.1) is 0 Å². The van der Waals surface area contributed by atoms with Crippen LogP contribution in [0.5, 0.6) is 5.75 Å². The molecule has 0 spiro atoms. The molecule has 4 N–H and O–H groups in total. The van der Waals surface area contributed by atoms with Crippen LogP contribution >= 0.6 is 11.6 Å². The number of aromatic hydroxyl groups is 1. The molecule has 3 aliphatic carbocycles. The highest BCUT2D eigenvalue weighted by Gasteiger charge is 2.69. The van der Waals surface area contributed by atoms with Gasteiger partial charge in [0.1, 0.15) is 5.75 Å². The minimum absolute atomic E-state index is 0.0157. The number of phenolic OH excluding ortho intramolecular Hbond substituents is 1. The lowest BCUT2D eigenvalue weighted by atomic mass is 9.52. The Morgan fingerprint density at radius 2 is 1.75 bits per heavy atom. The molecule has 3 fully saturated rings. The van der Waals surface area contributed by atoms with E-state index in [-0.39, 0.29) is 24.2 Å². The summed E-state index contributed by atoms with van der Waals surface area (Å²) in [5.74, 6) is -10.2. The summed E-state index contributed by atoms with van der Waals surface area (Å²) < 4.78 is 0. The molecule has 10 nitrogen and oxygen atoms in total. The van der Waals surface area contributed by atoms with Crippen LogP contribution in [0.3, 0.4) is 0 Å². The molecular weight excluding hydrogens is 586 g/mol. The van der Waals surface area contributed by atoms with E-state index >= 15 is 0 Å². The number of piperidine rings is 1. The molecule has 2 unspecified atom stereocenters. The van der Waals surface area contributed by atoms with Gasteiger partial charge in [-0.1, -0.05) is 41.9 Å². The first kappa shape index (κ1) is 30.6. The van der Waals surface area contributed by atoms with E-state index in [1.165, 1.54) is 16.5 Å². The quantitative estimate of drug-likeness (QED) is 0.424. The Morgan fingerprint density at radius 3 is 2.36 bits per heavy atom. The summed E-state index contributed by atoms with van der Waals surface area (Å²) in [5.41, 5.74) is 4.95. The molecule has 1 heterocycles. The average molecular weight is 622 g/mol. The fourth-order valence-corrected chi connectivity index (χ4v) is 8.50. The van der Waals surface area contributed by atoms with Gasteiger partial charge >= 0.3 is 0 Å². The van der Waals surface area contributed by atoms with Crippen molar-refractivity contribution in [2.75, 3.05) is 27.2 Å². The van der Waals surface area contributed by atoms with Gasteiger partial charge in [-0.05, 0) is 87.5 Å². The van der Waals surface area contributed by atoms with Gasteiger partial charge in [-0.3, -0.25) is 33.8 Å². The molecule has 2 aromatic carbocycles. The van der Waals surface area contributed by atoms with E-state index in [1.807, 2.05) is 18.2 Å². The molecule has 0 radical (unpaired) electrons. The Balaban J connectivity index is 1.29. The van der Waals surface area contributed by atoms with E-state index < -0.39 is 64.4 Å². The molecule has 232 valence electrons. The number of hydrogen-bond donors (Lipinski definition) is 3. The van der Waals surface area contributed by atoms with E-state index in [0.29, 0.717) is 28.6 Å². The van der Waals surface area contributed by atoms with E-state index in [4.69, 9.17) is 17.3 Å². The Labute approximate surface area is 260 Å². The smallest absolute Gasteiger partial charge is 0.235 e. The Bertz CT molecular complexity index is 1570. The predicted molar refractivity (Wildman–Crippen MR) is 160 cm³/mol. The van der Waals surface area contributed by atoms with Crippen molar-refractivity contribution >= 4 is 40.6 Å². The van der Waals surface area contributed by atoms with Gasteiger partial charge in [0, 0.05) is 17.5 Å². The molecule has 0 aromatic heterocycles. The number of carbonyl (C=O) groups excluding carboxylic acids is 5. The zero-order valence-corrected chi connectivity index (χ0v) is 25.4. The van der Waals surface area contributed by atoms with Crippen LogP contribution in [0.1, 0.15) is 52.2 Å². The molecule has 4 aliphatic rings. The summed E-state index contributed by atoms with van der Waals surface area (Å²) >= 11 is 6.93. The first-order valence-electron chi connectivity index (χ1n) is 15.0. The number of carbonyl (C=O) groups is 5. The number of nitrogens with two attached hydrogens (primary N) is 1. The van der Waals surface area contributed by atoms with Crippen molar-refractivity contribution in [3.05, 3.63) is 63.7 Å². The lowest BCUT2D eigenvalue weighted by Gasteiger charge is -2.52. The second-order valence-electron chi connectivity index (χ2n) is 13.0. The van der Waals surface area contributed by atoms with Crippen molar-refractivity contribution in [1.29, 1.82) is 0 Å². The minimum atomic E-state index is -2.75. The number of amides is 1. The molecule has 6 atom stereocenters. The Kier molecular flexibility index (Phi) is 7.76. The van der Waals surface area contributed by atoms with Crippen molar-refractivity contribution in [3.63, 3.8) is 0 Å². The third kappa shape index (κ3) is 4.62. The van der Waals surface area contributed by atoms with Gasteiger partial charge in [0.15, 0.2) is 34.7 Å². The zero-order chi connectivity index (χ0) is 31.7. The number of likely N-dealkylation sites (tertiary alicyclic amines) is 1. The summed E-state index contributed by atoms with van der Waals surface area (Å²) in [4.78, 5) is 70.4. The molecule has 2 saturated carbocycles. The molecule has 11 heteroatoms. The highest BCUT2D eigenvalue weighted by Crippen LogP contribution is 2.52. The topological polar surface area (TPSA) is 158 Å². The lowest BCUT2D eigenvalue weighted by Crippen LogP contribution is -2.74. The van der Waals surface area contributed by atoms with Crippen molar-refractivity contribution in [3.8, 4) is 5.75 Å². The number of phenols is 1. The van der Waals surface area contributed by atoms with E-state index in [9.17, 15) is 34.2 Å². The number of halogens is 1. The summed E-state index contributed by atoms with van der Waals surface area (Å²) in [6.45, 7) is 2.16. The molecule has 44 heavy (non-hydrogen) atoms. The van der Waals surface area contributed by atoms with Crippen LogP contribution in [0.15, 0.2) is 36.4 Å². The number of primary amides is 1. The van der Waals surface area contributed by atoms with Crippen LogP contribution in [0.25, 0.3) is 0 Å².